The van der Waals surface area contributed by atoms with Crippen LogP contribution in [0.25, 0.3) is 0 Å². The molecule has 1 aromatic carbocycles. The number of alkyl halides is 3. The minimum atomic E-state index is -4.65. The molecule has 1 rings (SSSR count). The van der Waals surface area contributed by atoms with E-state index in [1.807, 2.05) is 6.92 Å². The van der Waals surface area contributed by atoms with E-state index >= 15 is 0 Å². The topological polar surface area (TPSA) is 29.4 Å². The van der Waals surface area contributed by atoms with E-state index in [2.05, 4.69) is 4.40 Å². The third kappa shape index (κ3) is 4.40. The molecule has 0 heterocycles. The summed E-state index contributed by atoms with van der Waals surface area (Å²) in [6.07, 6.45) is -4.65. The van der Waals surface area contributed by atoms with Crippen LogP contribution in [0.15, 0.2) is 16.5 Å². The number of hydrogen-bond donors (Lipinski definition) is 0. The summed E-state index contributed by atoms with van der Waals surface area (Å²) in [5.41, 5.74) is 0.799. The van der Waals surface area contributed by atoms with Gasteiger partial charge in [-0.3, -0.25) is 0 Å². The number of hydrogen-bond acceptors (Lipinski definition) is 1. The number of rotatable bonds is 2. The van der Waals surface area contributed by atoms with Gasteiger partial charge in [-0.15, -0.1) is 0 Å². The molecule has 0 saturated heterocycles. The van der Waals surface area contributed by atoms with Gasteiger partial charge in [0.1, 0.15) is 11.0 Å². The average molecular weight is 319 g/mol. The van der Waals surface area contributed by atoms with Gasteiger partial charge in [0.25, 0.3) is 0 Å². The van der Waals surface area contributed by atoms with E-state index in [-0.39, 0.29) is 5.56 Å². The summed E-state index contributed by atoms with van der Waals surface area (Å²) in [4.78, 5) is 0. The van der Waals surface area contributed by atoms with E-state index in [1.165, 1.54) is 0 Å². The predicted octanol–water partition coefficient (Wildman–Crippen LogP) is 4.43. The minimum Gasteiger partial charge on any atom is -0.234 e. The zero-order chi connectivity index (χ0) is 16.6. The molecule has 1 aromatic rings. The van der Waals surface area contributed by atoms with Crippen LogP contribution in [0.5, 0.6) is 0 Å². The molecule has 0 fully saturated rings. The summed E-state index contributed by atoms with van der Waals surface area (Å²) in [6.45, 7) is 9.81. The van der Waals surface area contributed by atoms with E-state index in [0.717, 1.165) is 5.56 Å². The highest BCUT2D eigenvalue weighted by Gasteiger charge is 2.40. The summed E-state index contributed by atoms with van der Waals surface area (Å²) < 4.78 is 54.7. The van der Waals surface area contributed by atoms with Gasteiger partial charge in [-0.1, -0.05) is 17.7 Å². The maximum Gasteiger partial charge on any atom is 0.434 e. The third-order valence-corrected chi connectivity index (χ3v) is 4.28. The summed E-state index contributed by atoms with van der Waals surface area (Å²) in [6, 6.07) is 3.34. The lowest BCUT2D eigenvalue weighted by Gasteiger charge is -2.19. The van der Waals surface area contributed by atoms with Gasteiger partial charge < -0.3 is 0 Å². The molecule has 0 aliphatic carbocycles. The molecular weight excluding hydrogens is 299 g/mol. The number of benzene rings is 1. The van der Waals surface area contributed by atoms with Crippen LogP contribution in [-0.4, -0.2) is 20.8 Å². The molecule has 0 bridgehead atoms. The van der Waals surface area contributed by atoms with Crippen molar-refractivity contribution in [2.45, 2.75) is 52.5 Å². The maximum absolute atomic E-state index is 13.3. The quantitative estimate of drug-likeness (QED) is 0.742. The molecule has 0 amide bonds. The van der Waals surface area contributed by atoms with Crippen molar-refractivity contribution in [1.29, 1.82) is 0 Å². The summed E-state index contributed by atoms with van der Waals surface area (Å²) in [7, 11) is -1.97. The SMILES string of the molecule is Cc1cc(C)c(/C(=N/S(=O)C(C)(C)C)C(F)(F)F)c(C)c1. The molecule has 0 saturated carbocycles. The average Bonchev–Trinajstić information content (AvgIpc) is 2.23. The van der Waals surface area contributed by atoms with E-state index in [4.69, 9.17) is 0 Å². The molecule has 118 valence electrons. The molecule has 0 radical (unpaired) electrons. The van der Waals surface area contributed by atoms with Crippen molar-refractivity contribution in [3.05, 3.63) is 34.4 Å². The first-order valence-electron chi connectivity index (χ1n) is 6.50. The number of aryl methyl sites for hydroxylation is 3. The first-order valence-corrected chi connectivity index (χ1v) is 7.61. The minimum absolute atomic E-state index is 0.0192. The Hall–Kier alpha value is -1.17. The molecule has 21 heavy (non-hydrogen) atoms. The Morgan fingerprint density at radius 1 is 1.05 bits per heavy atom. The Bertz CT molecular complexity index is 575. The Balaban J connectivity index is 3.57. The van der Waals surface area contributed by atoms with Gasteiger partial charge in [0.15, 0.2) is 5.71 Å². The monoisotopic (exact) mass is 319 g/mol. The predicted molar refractivity (Wildman–Crippen MR) is 81.1 cm³/mol. The second-order valence-corrected chi connectivity index (χ2v) is 7.98. The van der Waals surface area contributed by atoms with Gasteiger partial charge in [-0.2, -0.15) is 17.6 Å². The van der Waals surface area contributed by atoms with Crippen molar-refractivity contribution < 1.29 is 17.4 Å². The van der Waals surface area contributed by atoms with Crippen molar-refractivity contribution in [2.24, 2.45) is 4.40 Å². The lowest BCUT2D eigenvalue weighted by atomic mass is 9.96. The summed E-state index contributed by atoms with van der Waals surface area (Å²) >= 11 is 0. The Kier molecular flexibility index (Phi) is 5.03. The third-order valence-electron chi connectivity index (χ3n) is 2.88. The summed E-state index contributed by atoms with van der Waals surface area (Å²) in [5, 5.41) is 0. The van der Waals surface area contributed by atoms with Crippen LogP contribution in [0.1, 0.15) is 43.0 Å². The van der Waals surface area contributed by atoms with Crippen LogP contribution < -0.4 is 0 Å². The molecule has 1 unspecified atom stereocenters. The second-order valence-electron chi connectivity index (χ2n) is 6.07. The van der Waals surface area contributed by atoms with E-state index < -0.39 is 27.6 Å². The van der Waals surface area contributed by atoms with Crippen LogP contribution in [-0.2, 0) is 11.0 Å². The molecular formula is C15H20F3NOS. The standard InChI is InChI=1S/C15H20F3NOS/c1-9-7-10(2)12(11(3)8-9)13(15(16,17)18)19-21(20)14(4,5)6/h7-8H,1-6H3/b19-13-. The normalized spacial score (nSPS) is 15.2. The van der Waals surface area contributed by atoms with Crippen molar-refractivity contribution in [3.63, 3.8) is 0 Å². The van der Waals surface area contributed by atoms with Gasteiger partial charge in [0, 0.05) is 5.56 Å². The van der Waals surface area contributed by atoms with E-state index in [9.17, 15) is 17.4 Å². The van der Waals surface area contributed by atoms with Crippen LogP contribution in [0.4, 0.5) is 13.2 Å². The molecule has 0 aromatic heterocycles. The lowest BCUT2D eigenvalue weighted by molar-refractivity contribution is -0.0579. The molecule has 1 atom stereocenters. The number of halogens is 3. The fourth-order valence-corrected chi connectivity index (χ4v) is 2.65. The highest BCUT2D eigenvalue weighted by Crippen LogP contribution is 2.29. The molecule has 0 N–H and O–H groups in total. The zero-order valence-corrected chi connectivity index (χ0v) is 13.9. The van der Waals surface area contributed by atoms with Crippen molar-refractivity contribution in [2.75, 3.05) is 0 Å². The van der Waals surface area contributed by atoms with Crippen LogP contribution in [0.3, 0.4) is 0 Å². The van der Waals surface area contributed by atoms with Crippen molar-refractivity contribution in [1.82, 2.24) is 0 Å². The Labute approximate surface area is 126 Å². The highest BCUT2D eigenvalue weighted by atomic mass is 32.2. The fraction of sp³-hybridized carbons (Fsp3) is 0.533. The highest BCUT2D eigenvalue weighted by molar-refractivity contribution is 7.85. The van der Waals surface area contributed by atoms with Crippen molar-refractivity contribution >= 4 is 16.7 Å². The van der Waals surface area contributed by atoms with E-state index in [0.29, 0.717) is 11.1 Å². The first kappa shape index (κ1) is 17.9. The molecule has 0 aliphatic rings. The fourth-order valence-electron chi connectivity index (χ4n) is 2.01. The van der Waals surface area contributed by atoms with Gasteiger partial charge in [0.2, 0.25) is 0 Å². The largest absolute Gasteiger partial charge is 0.434 e. The van der Waals surface area contributed by atoms with Gasteiger partial charge in [-0.25, -0.2) is 4.21 Å². The molecule has 0 spiro atoms. The maximum atomic E-state index is 13.3. The first-order chi connectivity index (χ1) is 9.34. The van der Waals surface area contributed by atoms with Gasteiger partial charge in [0.05, 0.1) is 4.75 Å². The Morgan fingerprint density at radius 3 is 1.81 bits per heavy atom. The number of nitrogens with zero attached hydrogens (tertiary/aromatic N) is 1. The second kappa shape index (κ2) is 5.91. The van der Waals surface area contributed by atoms with Crippen LogP contribution >= 0.6 is 0 Å². The molecule has 0 aliphatic heterocycles. The Morgan fingerprint density at radius 2 is 1.48 bits per heavy atom. The molecule has 2 nitrogen and oxygen atoms in total. The van der Waals surface area contributed by atoms with Crippen LogP contribution in [0.2, 0.25) is 0 Å². The van der Waals surface area contributed by atoms with Crippen LogP contribution in [0, 0.1) is 20.8 Å². The smallest absolute Gasteiger partial charge is 0.234 e. The van der Waals surface area contributed by atoms with Crippen molar-refractivity contribution in [3.8, 4) is 0 Å². The zero-order valence-electron chi connectivity index (χ0n) is 13.1. The van der Waals surface area contributed by atoms with E-state index in [1.54, 1.807) is 46.8 Å². The summed E-state index contributed by atoms with van der Waals surface area (Å²) in [5.74, 6) is 0. The molecule has 6 heteroatoms. The van der Waals surface area contributed by atoms with Gasteiger partial charge >= 0.3 is 6.18 Å². The lowest BCUT2D eigenvalue weighted by Crippen LogP contribution is -2.29. The van der Waals surface area contributed by atoms with Gasteiger partial charge in [-0.05, 0) is 52.7 Å².